The molecule has 0 bridgehead atoms. The van der Waals surface area contributed by atoms with Gasteiger partial charge in [-0.05, 0) is 17.7 Å². The van der Waals surface area contributed by atoms with E-state index in [4.69, 9.17) is 11.6 Å². The molecule has 1 fully saturated rings. The number of nitrogens with zero attached hydrogens (tertiary/aromatic N) is 1. The van der Waals surface area contributed by atoms with E-state index in [0.717, 1.165) is 5.56 Å². The number of anilines is 1. The molecule has 104 valence electrons. The van der Waals surface area contributed by atoms with Crippen molar-refractivity contribution in [3.63, 3.8) is 0 Å². The molecule has 0 unspecified atom stereocenters. The van der Waals surface area contributed by atoms with Gasteiger partial charge in [0.15, 0.2) is 9.84 Å². The third-order valence-electron chi connectivity index (χ3n) is 2.99. The summed E-state index contributed by atoms with van der Waals surface area (Å²) in [4.78, 5) is 13.4. The van der Waals surface area contributed by atoms with Crippen LogP contribution in [0.2, 0.25) is 0 Å². The van der Waals surface area contributed by atoms with Gasteiger partial charge in [0.05, 0.1) is 11.5 Å². The number of nitrogens with one attached hydrogen (secondary N) is 1. The zero-order valence-electron chi connectivity index (χ0n) is 10.3. The number of hydrogen-bond donors (Lipinski definition) is 1. The third-order valence-corrected chi connectivity index (χ3v) is 4.91. The first-order valence-electron chi connectivity index (χ1n) is 5.91. The highest BCUT2D eigenvalue weighted by molar-refractivity contribution is 7.91. The van der Waals surface area contributed by atoms with Gasteiger partial charge < -0.3 is 10.2 Å². The van der Waals surface area contributed by atoms with Gasteiger partial charge in [0.25, 0.3) is 0 Å². The van der Waals surface area contributed by atoms with E-state index in [2.05, 4.69) is 5.32 Å². The third kappa shape index (κ3) is 3.84. The predicted octanol–water partition coefficient (Wildman–Crippen LogP) is 1.69. The molecule has 0 spiro atoms. The van der Waals surface area contributed by atoms with Crippen LogP contribution in [0, 0.1) is 0 Å². The van der Waals surface area contributed by atoms with E-state index in [9.17, 15) is 13.2 Å². The van der Waals surface area contributed by atoms with Gasteiger partial charge in [-0.25, -0.2) is 13.2 Å². The molecule has 1 aromatic rings. The van der Waals surface area contributed by atoms with Crippen molar-refractivity contribution in [3.8, 4) is 0 Å². The van der Waals surface area contributed by atoms with Crippen LogP contribution < -0.4 is 5.32 Å². The summed E-state index contributed by atoms with van der Waals surface area (Å²) < 4.78 is 22.6. The zero-order chi connectivity index (χ0) is 13.9. The van der Waals surface area contributed by atoms with E-state index in [0.29, 0.717) is 11.6 Å². The van der Waals surface area contributed by atoms with Gasteiger partial charge in [-0.15, -0.1) is 11.6 Å². The number of carbonyl (C=O) groups is 1. The van der Waals surface area contributed by atoms with Crippen LogP contribution in [-0.4, -0.2) is 43.9 Å². The number of rotatable bonds is 2. The maximum Gasteiger partial charge on any atom is 0.321 e. The molecule has 7 heteroatoms. The van der Waals surface area contributed by atoms with Gasteiger partial charge in [0.2, 0.25) is 0 Å². The number of hydrogen-bond acceptors (Lipinski definition) is 3. The maximum absolute atomic E-state index is 11.9. The first kappa shape index (κ1) is 14.1. The SMILES string of the molecule is O=C(Nc1ccc(CCl)cc1)N1CCS(=O)(=O)CC1. The van der Waals surface area contributed by atoms with Crippen LogP contribution in [-0.2, 0) is 15.7 Å². The molecule has 2 rings (SSSR count). The summed E-state index contributed by atoms with van der Waals surface area (Å²) in [7, 11) is -2.97. The average molecular weight is 303 g/mol. The van der Waals surface area contributed by atoms with E-state index in [1.165, 1.54) is 4.90 Å². The fourth-order valence-corrected chi connectivity index (χ4v) is 3.17. The van der Waals surface area contributed by atoms with E-state index >= 15 is 0 Å². The number of urea groups is 1. The Kier molecular flexibility index (Phi) is 4.31. The second-order valence-electron chi connectivity index (χ2n) is 4.40. The highest BCUT2D eigenvalue weighted by atomic mass is 35.5. The molecule has 1 heterocycles. The van der Waals surface area contributed by atoms with E-state index in [1.807, 2.05) is 12.1 Å². The van der Waals surface area contributed by atoms with Gasteiger partial charge >= 0.3 is 6.03 Å². The largest absolute Gasteiger partial charge is 0.322 e. The molecule has 0 radical (unpaired) electrons. The van der Waals surface area contributed by atoms with Gasteiger partial charge in [-0.2, -0.15) is 0 Å². The molecule has 2 amide bonds. The van der Waals surface area contributed by atoms with Gasteiger partial charge in [0.1, 0.15) is 0 Å². The van der Waals surface area contributed by atoms with Crippen molar-refractivity contribution >= 4 is 33.2 Å². The second kappa shape index (κ2) is 5.79. The van der Waals surface area contributed by atoms with Crippen molar-refractivity contribution < 1.29 is 13.2 Å². The lowest BCUT2D eigenvalue weighted by atomic mass is 10.2. The standard InChI is InChI=1S/C12H15ClN2O3S/c13-9-10-1-3-11(4-2-10)14-12(16)15-5-7-19(17,18)8-6-15/h1-4H,5-9H2,(H,14,16). The Labute approximate surface area is 117 Å². The summed E-state index contributed by atoms with van der Waals surface area (Å²) in [5.41, 5.74) is 1.65. The lowest BCUT2D eigenvalue weighted by Crippen LogP contribution is -2.45. The smallest absolute Gasteiger partial charge is 0.321 e. The molecule has 0 aliphatic carbocycles. The number of sulfone groups is 1. The topological polar surface area (TPSA) is 66.5 Å². The molecular weight excluding hydrogens is 288 g/mol. The van der Waals surface area contributed by atoms with Crippen LogP contribution in [0.25, 0.3) is 0 Å². The summed E-state index contributed by atoms with van der Waals surface area (Å²) in [6, 6.07) is 6.95. The number of halogens is 1. The van der Waals surface area contributed by atoms with Gasteiger partial charge in [-0.1, -0.05) is 12.1 Å². The van der Waals surface area contributed by atoms with Gasteiger partial charge in [-0.3, -0.25) is 0 Å². The normalized spacial score (nSPS) is 18.1. The van der Waals surface area contributed by atoms with Crippen LogP contribution in [0.3, 0.4) is 0 Å². The number of benzene rings is 1. The number of amides is 2. The summed E-state index contributed by atoms with van der Waals surface area (Å²) >= 11 is 5.68. The molecule has 0 saturated carbocycles. The number of alkyl halides is 1. The van der Waals surface area contributed by atoms with Crippen molar-refractivity contribution in [2.45, 2.75) is 5.88 Å². The molecule has 1 saturated heterocycles. The Morgan fingerprint density at radius 2 is 1.79 bits per heavy atom. The monoisotopic (exact) mass is 302 g/mol. The van der Waals surface area contributed by atoms with Crippen molar-refractivity contribution in [3.05, 3.63) is 29.8 Å². The minimum absolute atomic E-state index is 0.0333. The molecule has 1 aromatic carbocycles. The minimum atomic E-state index is -2.97. The minimum Gasteiger partial charge on any atom is -0.322 e. The first-order valence-corrected chi connectivity index (χ1v) is 8.27. The Bertz CT molecular complexity index is 543. The Hall–Kier alpha value is -1.27. The van der Waals surface area contributed by atoms with Crippen LogP contribution in [0.4, 0.5) is 10.5 Å². The Balaban J connectivity index is 1.94. The molecular formula is C12H15ClN2O3S. The fourth-order valence-electron chi connectivity index (χ4n) is 1.80. The van der Waals surface area contributed by atoms with Crippen LogP contribution in [0.15, 0.2) is 24.3 Å². The lowest BCUT2D eigenvalue weighted by molar-refractivity contribution is 0.216. The summed E-state index contributed by atoms with van der Waals surface area (Å²) in [6.07, 6.45) is 0. The van der Waals surface area contributed by atoms with Crippen LogP contribution >= 0.6 is 11.6 Å². The molecule has 0 aromatic heterocycles. The van der Waals surface area contributed by atoms with E-state index < -0.39 is 9.84 Å². The highest BCUT2D eigenvalue weighted by Crippen LogP contribution is 2.13. The summed E-state index contributed by atoms with van der Waals surface area (Å²) in [5, 5.41) is 2.74. The number of carbonyl (C=O) groups excluding carboxylic acids is 1. The van der Waals surface area contributed by atoms with Crippen molar-refractivity contribution in [1.29, 1.82) is 0 Å². The van der Waals surface area contributed by atoms with Gasteiger partial charge in [0, 0.05) is 24.7 Å². The molecule has 1 aliphatic rings. The quantitative estimate of drug-likeness (QED) is 0.845. The predicted molar refractivity (Wildman–Crippen MR) is 75.2 cm³/mol. The molecule has 19 heavy (non-hydrogen) atoms. The second-order valence-corrected chi connectivity index (χ2v) is 6.97. The fraction of sp³-hybridized carbons (Fsp3) is 0.417. The molecule has 1 N–H and O–H groups in total. The summed E-state index contributed by atoms with van der Waals surface area (Å²) in [5.74, 6) is 0.495. The van der Waals surface area contributed by atoms with Crippen LogP contribution in [0.5, 0.6) is 0 Å². The van der Waals surface area contributed by atoms with Crippen molar-refractivity contribution in [2.75, 3.05) is 29.9 Å². The Morgan fingerprint density at radius 3 is 2.32 bits per heavy atom. The van der Waals surface area contributed by atoms with Crippen molar-refractivity contribution in [1.82, 2.24) is 4.90 Å². The zero-order valence-corrected chi connectivity index (χ0v) is 11.9. The van der Waals surface area contributed by atoms with E-state index in [-0.39, 0.29) is 30.6 Å². The molecule has 0 atom stereocenters. The van der Waals surface area contributed by atoms with Crippen molar-refractivity contribution in [2.24, 2.45) is 0 Å². The van der Waals surface area contributed by atoms with E-state index in [1.54, 1.807) is 12.1 Å². The Morgan fingerprint density at radius 1 is 1.21 bits per heavy atom. The lowest BCUT2D eigenvalue weighted by Gasteiger charge is -2.26. The summed E-state index contributed by atoms with van der Waals surface area (Å²) in [6.45, 7) is 0.488. The average Bonchev–Trinajstić information content (AvgIpc) is 2.39. The highest BCUT2D eigenvalue weighted by Gasteiger charge is 2.24. The van der Waals surface area contributed by atoms with Crippen LogP contribution in [0.1, 0.15) is 5.56 Å². The molecule has 1 aliphatic heterocycles. The first-order chi connectivity index (χ1) is 9.00. The molecule has 5 nitrogen and oxygen atoms in total. The maximum atomic E-state index is 11.9.